The average Bonchev–Trinajstić information content (AvgIpc) is 2.50. The van der Waals surface area contributed by atoms with Crippen LogP contribution in [0.4, 0.5) is 0 Å². The van der Waals surface area contributed by atoms with Gasteiger partial charge in [0.05, 0.1) is 6.10 Å². The minimum absolute atomic E-state index is 0.0401. The Morgan fingerprint density at radius 1 is 1.39 bits per heavy atom. The maximum atomic E-state index is 12.0. The van der Waals surface area contributed by atoms with Gasteiger partial charge in [-0.15, -0.1) is 0 Å². The minimum Gasteiger partial charge on any atom is -0.483 e. The summed E-state index contributed by atoms with van der Waals surface area (Å²) in [4.78, 5) is 12.0. The zero-order valence-corrected chi connectivity index (χ0v) is 14.5. The van der Waals surface area contributed by atoms with E-state index in [1.807, 2.05) is 13.0 Å². The van der Waals surface area contributed by atoms with Crippen molar-refractivity contribution in [3.63, 3.8) is 0 Å². The first-order valence-corrected chi connectivity index (χ1v) is 8.63. The van der Waals surface area contributed by atoms with Crippen LogP contribution >= 0.6 is 0 Å². The third kappa shape index (κ3) is 5.54. The van der Waals surface area contributed by atoms with Crippen molar-refractivity contribution >= 4 is 5.91 Å². The number of nitrogens with one attached hydrogen (secondary N) is 1. The second-order valence-electron chi connectivity index (χ2n) is 6.98. The van der Waals surface area contributed by atoms with Gasteiger partial charge < -0.3 is 15.2 Å². The Balaban J connectivity index is 1.81. The van der Waals surface area contributed by atoms with Gasteiger partial charge in [-0.25, -0.2) is 0 Å². The smallest absolute Gasteiger partial charge is 0.257 e. The van der Waals surface area contributed by atoms with E-state index in [9.17, 15) is 9.90 Å². The summed E-state index contributed by atoms with van der Waals surface area (Å²) in [5.74, 6) is 1.44. The van der Waals surface area contributed by atoms with Crippen LogP contribution < -0.4 is 10.1 Å². The van der Waals surface area contributed by atoms with E-state index in [1.54, 1.807) is 0 Å². The highest BCUT2D eigenvalue weighted by molar-refractivity contribution is 5.77. The molecule has 0 radical (unpaired) electrons. The summed E-state index contributed by atoms with van der Waals surface area (Å²) >= 11 is 0. The van der Waals surface area contributed by atoms with E-state index in [0.29, 0.717) is 18.4 Å². The first-order valence-electron chi connectivity index (χ1n) is 8.63. The van der Waals surface area contributed by atoms with Crippen molar-refractivity contribution < 1.29 is 14.6 Å². The SMILES string of the molecule is Cc1ccc(C(C)C)c(OCC(=O)NCC2CCCC(O)C2)c1. The van der Waals surface area contributed by atoms with E-state index in [1.165, 1.54) is 0 Å². The van der Waals surface area contributed by atoms with Crippen LogP contribution in [0.2, 0.25) is 0 Å². The van der Waals surface area contributed by atoms with E-state index < -0.39 is 0 Å². The molecule has 0 heterocycles. The number of carbonyl (C=O) groups is 1. The number of aryl methyl sites for hydroxylation is 1. The van der Waals surface area contributed by atoms with Crippen molar-refractivity contribution in [2.24, 2.45) is 5.92 Å². The molecule has 1 fully saturated rings. The normalized spacial score (nSPS) is 21.3. The lowest BCUT2D eigenvalue weighted by molar-refractivity contribution is -0.123. The predicted molar refractivity (Wildman–Crippen MR) is 91.7 cm³/mol. The lowest BCUT2D eigenvalue weighted by atomic mass is 9.87. The lowest BCUT2D eigenvalue weighted by Crippen LogP contribution is -2.35. The Bertz CT molecular complexity index is 527. The zero-order valence-electron chi connectivity index (χ0n) is 14.5. The standard InChI is InChI=1S/C19H29NO3/c1-13(2)17-8-7-14(3)9-18(17)23-12-19(22)20-11-15-5-4-6-16(21)10-15/h7-9,13,15-16,21H,4-6,10-12H2,1-3H3,(H,20,22). The molecule has 2 rings (SSSR count). The monoisotopic (exact) mass is 319 g/mol. The van der Waals surface area contributed by atoms with Crippen LogP contribution in [0, 0.1) is 12.8 Å². The first kappa shape index (κ1) is 17.8. The molecule has 0 spiro atoms. The van der Waals surface area contributed by atoms with Gasteiger partial charge in [-0.1, -0.05) is 32.4 Å². The highest BCUT2D eigenvalue weighted by atomic mass is 16.5. The largest absolute Gasteiger partial charge is 0.483 e. The molecule has 1 aliphatic carbocycles. The Kier molecular flexibility index (Phi) is 6.46. The van der Waals surface area contributed by atoms with Crippen molar-refractivity contribution in [1.29, 1.82) is 0 Å². The molecule has 23 heavy (non-hydrogen) atoms. The second-order valence-corrected chi connectivity index (χ2v) is 6.98. The fourth-order valence-electron chi connectivity index (χ4n) is 3.14. The summed E-state index contributed by atoms with van der Waals surface area (Å²) in [7, 11) is 0. The predicted octanol–water partition coefficient (Wildman–Crippen LogP) is 3.16. The van der Waals surface area contributed by atoms with Crippen molar-refractivity contribution in [3.8, 4) is 5.75 Å². The van der Waals surface area contributed by atoms with Gasteiger partial charge in [-0.2, -0.15) is 0 Å². The van der Waals surface area contributed by atoms with E-state index in [4.69, 9.17) is 4.74 Å². The summed E-state index contributed by atoms with van der Waals surface area (Å²) in [6.07, 6.45) is 3.59. The maximum absolute atomic E-state index is 12.0. The summed E-state index contributed by atoms with van der Waals surface area (Å²) in [6, 6.07) is 6.12. The molecule has 0 bridgehead atoms. The van der Waals surface area contributed by atoms with Crippen molar-refractivity contribution in [3.05, 3.63) is 29.3 Å². The fourth-order valence-corrected chi connectivity index (χ4v) is 3.14. The number of hydrogen-bond donors (Lipinski definition) is 2. The molecule has 128 valence electrons. The number of carbonyl (C=O) groups excluding carboxylic acids is 1. The summed E-state index contributed by atoms with van der Waals surface area (Å²) in [5.41, 5.74) is 2.25. The third-order valence-corrected chi connectivity index (χ3v) is 4.49. The number of hydrogen-bond acceptors (Lipinski definition) is 3. The van der Waals surface area contributed by atoms with Crippen LogP contribution in [0.1, 0.15) is 56.6 Å². The number of benzene rings is 1. The first-order chi connectivity index (χ1) is 11.0. The van der Waals surface area contributed by atoms with Gasteiger partial charge in [-0.3, -0.25) is 4.79 Å². The summed E-state index contributed by atoms with van der Waals surface area (Å²) in [5, 5.41) is 12.6. The van der Waals surface area contributed by atoms with Crippen LogP contribution in [0.3, 0.4) is 0 Å². The molecule has 2 N–H and O–H groups in total. The third-order valence-electron chi connectivity index (χ3n) is 4.49. The Hall–Kier alpha value is -1.55. The fraction of sp³-hybridized carbons (Fsp3) is 0.632. The van der Waals surface area contributed by atoms with Gasteiger partial charge in [0, 0.05) is 6.54 Å². The van der Waals surface area contributed by atoms with Gasteiger partial charge in [0.1, 0.15) is 5.75 Å². The zero-order chi connectivity index (χ0) is 16.8. The Morgan fingerprint density at radius 2 is 2.17 bits per heavy atom. The molecule has 1 aromatic rings. The van der Waals surface area contributed by atoms with Crippen molar-refractivity contribution in [2.45, 2.75) is 58.5 Å². The topological polar surface area (TPSA) is 58.6 Å². The molecule has 0 aliphatic heterocycles. The van der Waals surface area contributed by atoms with E-state index in [0.717, 1.165) is 42.6 Å². The van der Waals surface area contributed by atoms with E-state index in [2.05, 4.69) is 31.3 Å². The molecular weight excluding hydrogens is 290 g/mol. The molecule has 1 amide bonds. The molecular formula is C19H29NO3. The molecule has 4 nitrogen and oxygen atoms in total. The van der Waals surface area contributed by atoms with Crippen LogP contribution in [-0.2, 0) is 4.79 Å². The highest BCUT2D eigenvalue weighted by Gasteiger charge is 2.20. The highest BCUT2D eigenvalue weighted by Crippen LogP contribution is 2.27. The molecule has 2 atom stereocenters. The molecule has 2 unspecified atom stereocenters. The van der Waals surface area contributed by atoms with E-state index in [-0.39, 0.29) is 18.6 Å². The number of aliphatic hydroxyl groups is 1. The van der Waals surface area contributed by atoms with Gasteiger partial charge >= 0.3 is 0 Å². The van der Waals surface area contributed by atoms with Gasteiger partial charge in [0.15, 0.2) is 6.61 Å². The van der Waals surface area contributed by atoms with Crippen LogP contribution in [0.5, 0.6) is 5.75 Å². The number of amides is 1. The van der Waals surface area contributed by atoms with Crippen molar-refractivity contribution in [2.75, 3.05) is 13.2 Å². The quantitative estimate of drug-likeness (QED) is 0.847. The molecule has 4 heteroatoms. The minimum atomic E-state index is -0.206. The number of rotatable bonds is 6. The number of ether oxygens (including phenoxy) is 1. The number of aliphatic hydroxyl groups excluding tert-OH is 1. The van der Waals surface area contributed by atoms with Gasteiger partial charge in [0.2, 0.25) is 0 Å². The molecule has 1 aliphatic rings. The molecule has 1 saturated carbocycles. The Morgan fingerprint density at radius 3 is 2.87 bits per heavy atom. The summed E-state index contributed by atoms with van der Waals surface area (Å²) in [6.45, 7) is 6.92. The average molecular weight is 319 g/mol. The lowest BCUT2D eigenvalue weighted by Gasteiger charge is -2.25. The molecule has 0 saturated heterocycles. The van der Waals surface area contributed by atoms with E-state index >= 15 is 0 Å². The van der Waals surface area contributed by atoms with Gasteiger partial charge in [0.25, 0.3) is 5.91 Å². The van der Waals surface area contributed by atoms with Crippen LogP contribution in [0.15, 0.2) is 18.2 Å². The summed E-state index contributed by atoms with van der Waals surface area (Å²) < 4.78 is 5.74. The molecule has 0 aromatic heterocycles. The second kappa shape index (κ2) is 8.34. The van der Waals surface area contributed by atoms with Crippen LogP contribution in [0.25, 0.3) is 0 Å². The van der Waals surface area contributed by atoms with Crippen molar-refractivity contribution in [1.82, 2.24) is 5.32 Å². The van der Waals surface area contributed by atoms with Crippen LogP contribution in [-0.4, -0.2) is 30.3 Å². The Labute approximate surface area is 139 Å². The molecule has 1 aromatic carbocycles. The maximum Gasteiger partial charge on any atom is 0.257 e. The van der Waals surface area contributed by atoms with Gasteiger partial charge in [-0.05, 0) is 55.2 Å².